The van der Waals surface area contributed by atoms with Crippen LogP contribution in [0.1, 0.15) is 5.56 Å². The standard InChI is InChI=1S/C24H24N8/c1-15-11-16(14-25-13-15)18-3-4-20-22(28-18)23(30-29-20)21-12-17-19(27-21)5-6-26-24(17)32-9-7-31(2)8-10-32/h3-6,11-14,27H,7-10H2,1-2H3,(H,29,30). The Morgan fingerprint density at radius 2 is 1.84 bits per heavy atom. The Balaban J connectivity index is 1.44. The van der Waals surface area contributed by atoms with Gasteiger partial charge in [0.25, 0.3) is 0 Å². The van der Waals surface area contributed by atoms with Gasteiger partial charge in [-0.25, -0.2) is 9.97 Å². The molecule has 0 bridgehead atoms. The molecule has 0 aromatic carbocycles. The molecule has 0 radical (unpaired) electrons. The number of piperazine rings is 1. The van der Waals surface area contributed by atoms with Crippen LogP contribution in [0.3, 0.4) is 0 Å². The molecular formula is C24H24N8. The van der Waals surface area contributed by atoms with Gasteiger partial charge in [0, 0.05) is 55.7 Å². The molecule has 1 aliphatic rings. The number of hydrogen-bond acceptors (Lipinski definition) is 6. The average molecular weight is 425 g/mol. The van der Waals surface area contributed by atoms with Gasteiger partial charge in [-0.2, -0.15) is 5.10 Å². The summed E-state index contributed by atoms with van der Waals surface area (Å²) in [6, 6.07) is 10.3. The first-order valence-electron chi connectivity index (χ1n) is 10.8. The van der Waals surface area contributed by atoms with Crippen molar-refractivity contribution in [1.82, 2.24) is 35.0 Å². The van der Waals surface area contributed by atoms with Gasteiger partial charge >= 0.3 is 0 Å². The van der Waals surface area contributed by atoms with Gasteiger partial charge in [-0.15, -0.1) is 0 Å². The number of pyridine rings is 3. The fourth-order valence-corrected chi connectivity index (χ4v) is 4.38. The molecule has 6 heterocycles. The lowest BCUT2D eigenvalue weighted by Gasteiger charge is -2.33. The van der Waals surface area contributed by atoms with E-state index in [-0.39, 0.29) is 0 Å². The maximum Gasteiger partial charge on any atom is 0.138 e. The van der Waals surface area contributed by atoms with E-state index >= 15 is 0 Å². The molecule has 0 aliphatic carbocycles. The number of nitrogens with one attached hydrogen (secondary N) is 2. The molecule has 32 heavy (non-hydrogen) atoms. The van der Waals surface area contributed by atoms with Gasteiger partial charge in [0.05, 0.1) is 22.4 Å². The Morgan fingerprint density at radius 3 is 2.69 bits per heavy atom. The first-order chi connectivity index (χ1) is 15.7. The Hall–Kier alpha value is -3.78. The van der Waals surface area contributed by atoms with Crippen LogP contribution in [-0.2, 0) is 0 Å². The minimum atomic E-state index is 0.808. The van der Waals surface area contributed by atoms with E-state index in [4.69, 9.17) is 9.97 Å². The Morgan fingerprint density at radius 1 is 0.969 bits per heavy atom. The van der Waals surface area contributed by atoms with Crippen LogP contribution in [0.15, 0.2) is 48.9 Å². The fraction of sp³-hybridized carbons (Fsp3) is 0.250. The molecule has 0 atom stereocenters. The van der Waals surface area contributed by atoms with E-state index in [1.165, 1.54) is 0 Å². The number of aromatic nitrogens is 6. The van der Waals surface area contributed by atoms with Crippen molar-refractivity contribution in [2.45, 2.75) is 6.92 Å². The van der Waals surface area contributed by atoms with E-state index in [1.54, 1.807) is 0 Å². The third-order valence-electron chi connectivity index (χ3n) is 6.16. The largest absolute Gasteiger partial charge is 0.353 e. The summed E-state index contributed by atoms with van der Waals surface area (Å²) in [4.78, 5) is 22.2. The van der Waals surface area contributed by atoms with Crippen molar-refractivity contribution in [1.29, 1.82) is 0 Å². The fourth-order valence-electron chi connectivity index (χ4n) is 4.38. The number of nitrogens with zero attached hydrogens (tertiary/aromatic N) is 6. The number of fused-ring (bicyclic) bond motifs is 2. The predicted octanol–water partition coefficient (Wildman–Crippen LogP) is 3.62. The normalized spacial score (nSPS) is 15.1. The van der Waals surface area contributed by atoms with Gasteiger partial charge in [0.15, 0.2) is 0 Å². The number of aryl methyl sites for hydroxylation is 1. The second kappa shape index (κ2) is 7.42. The lowest BCUT2D eigenvalue weighted by molar-refractivity contribution is 0.312. The molecule has 160 valence electrons. The number of rotatable bonds is 3. The van der Waals surface area contributed by atoms with Crippen molar-refractivity contribution in [3.8, 4) is 22.6 Å². The number of anilines is 1. The van der Waals surface area contributed by atoms with Gasteiger partial charge in [0.1, 0.15) is 17.0 Å². The van der Waals surface area contributed by atoms with Crippen LogP contribution in [0.25, 0.3) is 44.6 Å². The smallest absolute Gasteiger partial charge is 0.138 e. The summed E-state index contributed by atoms with van der Waals surface area (Å²) in [5, 5.41) is 8.83. The molecule has 0 spiro atoms. The zero-order valence-electron chi connectivity index (χ0n) is 18.1. The third-order valence-corrected chi connectivity index (χ3v) is 6.16. The van der Waals surface area contributed by atoms with Gasteiger partial charge < -0.3 is 14.8 Å². The summed E-state index contributed by atoms with van der Waals surface area (Å²) >= 11 is 0. The first-order valence-corrected chi connectivity index (χ1v) is 10.8. The topological polar surface area (TPSA) is 89.6 Å². The maximum atomic E-state index is 4.93. The van der Waals surface area contributed by atoms with Crippen molar-refractivity contribution >= 4 is 27.8 Å². The second-order valence-electron chi connectivity index (χ2n) is 8.48. The van der Waals surface area contributed by atoms with Gasteiger partial charge in [0.2, 0.25) is 0 Å². The predicted molar refractivity (Wildman–Crippen MR) is 127 cm³/mol. The van der Waals surface area contributed by atoms with Crippen LogP contribution in [0.5, 0.6) is 0 Å². The molecule has 1 fully saturated rings. The van der Waals surface area contributed by atoms with E-state index in [1.807, 2.05) is 43.7 Å². The van der Waals surface area contributed by atoms with Crippen molar-refractivity contribution in [3.63, 3.8) is 0 Å². The minimum absolute atomic E-state index is 0.808. The molecule has 0 unspecified atom stereocenters. The number of hydrogen-bond donors (Lipinski definition) is 2. The maximum absolute atomic E-state index is 4.93. The molecule has 8 heteroatoms. The molecule has 0 amide bonds. The number of likely N-dealkylation sites (N-methyl/N-ethyl adjacent to an activating group) is 1. The number of aromatic amines is 2. The van der Waals surface area contributed by atoms with Crippen molar-refractivity contribution in [2.24, 2.45) is 0 Å². The average Bonchev–Trinajstić information content (AvgIpc) is 3.43. The molecule has 8 nitrogen and oxygen atoms in total. The molecule has 5 aromatic heterocycles. The van der Waals surface area contributed by atoms with Crippen LogP contribution in [0.2, 0.25) is 0 Å². The highest BCUT2D eigenvalue weighted by molar-refractivity contribution is 5.98. The summed E-state index contributed by atoms with van der Waals surface area (Å²) in [6.07, 6.45) is 5.57. The SMILES string of the molecule is Cc1cncc(-c2ccc3[nH]nc(-c4cc5c(N6CCN(C)CC6)nccc5[nH]4)c3n2)c1. The summed E-state index contributed by atoms with van der Waals surface area (Å²) < 4.78 is 0. The number of H-pyrrole nitrogens is 2. The highest BCUT2D eigenvalue weighted by Crippen LogP contribution is 2.32. The molecule has 1 saturated heterocycles. The molecule has 6 rings (SSSR count). The second-order valence-corrected chi connectivity index (χ2v) is 8.48. The van der Waals surface area contributed by atoms with Crippen LogP contribution < -0.4 is 4.90 Å². The van der Waals surface area contributed by atoms with Crippen LogP contribution >= 0.6 is 0 Å². The van der Waals surface area contributed by atoms with E-state index in [9.17, 15) is 0 Å². The summed E-state index contributed by atoms with van der Waals surface area (Å²) in [6.45, 7) is 6.07. The van der Waals surface area contributed by atoms with E-state index in [0.717, 1.165) is 82.1 Å². The van der Waals surface area contributed by atoms with Crippen LogP contribution in [0, 0.1) is 6.92 Å². The third kappa shape index (κ3) is 3.20. The highest BCUT2D eigenvalue weighted by atomic mass is 15.3. The first kappa shape index (κ1) is 18.9. The van der Waals surface area contributed by atoms with Crippen molar-refractivity contribution < 1.29 is 0 Å². The lowest BCUT2D eigenvalue weighted by atomic mass is 10.1. The Bertz CT molecular complexity index is 1420. The van der Waals surface area contributed by atoms with Crippen LogP contribution in [-0.4, -0.2) is 68.3 Å². The van der Waals surface area contributed by atoms with Gasteiger partial charge in [-0.05, 0) is 49.9 Å². The molecule has 1 aliphatic heterocycles. The van der Waals surface area contributed by atoms with Crippen molar-refractivity contribution in [2.75, 3.05) is 38.1 Å². The molecular weight excluding hydrogens is 400 g/mol. The zero-order valence-corrected chi connectivity index (χ0v) is 18.1. The monoisotopic (exact) mass is 424 g/mol. The molecule has 0 saturated carbocycles. The summed E-state index contributed by atoms with van der Waals surface area (Å²) in [5.41, 5.74) is 7.52. The quantitative estimate of drug-likeness (QED) is 0.460. The van der Waals surface area contributed by atoms with E-state index in [0.29, 0.717) is 0 Å². The van der Waals surface area contributed by atoms with Gasteiger partial charge in [-0.3, -0.25) is 10.1 Å². The summed E-state index contributed by atoms with van der Waals surface area (Å²) in [7, 11) is 2.16. The minimum Gasteiger partial charge on any atom is -0.353 e. The zero-order chi connectivity index (χ0) is 21.7. The lowest BCUT2D eigenvalue weighted by Crippen LogP contribution is -2.44. The van der Waals surface area contributed by atoms with E-state index < -0.39 is 0 Å². The summed E-state index contributed by atoms with van der Waals surface area (Å²) in [5.74, 6) is 1.03. The van der Waals surface area contributed by atoms with Crippen molar-refractivity contribution in [3.05, 3.63) is 54.5 Å². The molecule has 2 N–H and O–H groups in total. The Kier molecular flexibility index (Phi) is 4.39. The van der Waals surface area contributed by atoms with Gasteiger partial charge in [-0.1, -0.05) is 0 Å². The van der Waals surface area contributed by atoms with E-state index in [2.05, 4.69) is 49.1 Å². The Labute approximate surface area is 185 Å². The van der Waals surface area contributed by atoms with Crippen LogP contribution in [0.4, 0.5) is 5.82 Å². The highest BCUT2D eigenvalue weighted by Gasteiger charge is 2.20. The molecule has 5 aromatic rings.